The Morgan fingerprint density at radius 2 is 0.975 bits per heavy atom. The van der Waals surface area contributed by atoms with Gasteiger partial charge in [0.2, 0.25) is 0 Å². The first-order valence-electron chi connectivity index (χ1n) is 13.7. The summed E-state index contributed by atoms with van der Waals surface area (Å²) in [5.74, 6) is 0. The van der Waals surface area contributed by atoms with Gasteiger partial charge in [-0.15, -0.1) is 0 Å². The van der Waals surface area contributed by atoms with Crippen LogP contribution in [-0.2, 0) is 0 Å². The molecule has 0 saturated heterocycles. The Hall–Kier alpha value is -4.89. The van der Waals surface area contributed by atoms with Crippen molar-refractivity contribution in [1.82, 2.24) is 15.0 Å². The molecular weight excluding hydrogens is 486 g/mol. The Balaban J connectivity index is 1.47. The van der Waals surface area contributed by atoms with E-state index in [1.54, 1.807) is 0 Å². The van der Waals surface area contributed by atoms with E-state index < -0.39 is 0 Å². The molecule has 0 aliphatic carbocycles. The summed E-state index contributed by atoms with van der Waals surface area (Å²) in [6.45, 7) is 8.77. The minimum Gasteiger partial charge on any atom is -0.265 e. The maximum absolute atomic E-state index is 5.38. The molecule has 40 heavy (non-hydrogen) atoms. The van der Waals surface area contributed by atoms with E-state index in [-0.39, 0.29) is 0 Å². The lowest BCUT2D eigenvalue weighted by Gasteiger charge is -2.17. The fraction of sp³-hybridized carbons (Fsp3) is 0.108. The van der Waals surface area contributed by atoms with Gasteiger partial charge in [-0.3, -0.25) is 4.98 Å². The van der Waals surface area contributed by atoms with Gasteiger partial charge in [-0.25, -0.2) is 9.97 Å². The zero-order chi connectivity index (χ0) is 27.4. The van der Waals surface area contributed by atoms with Gasteiger partial charge in [0.05, 0.1) is 22.4 Å². The second-order valence-electron chi connectivity index (χ2n) is 10.6. The molecule has 0 saturated carbocycles. The molecule has 0 amide bonds. The Morgan fingerprint density at radius 3 is 1.68 bits per heavy atom. The van der Waals surface area contributed by atoms with Crippen molar-refractivity contribution >= 4 is 32.6 Å². The lowest BCUT2D eigenvalue weighted by atomic mass is 9.93. The number of rotatable bonds is 3. The summed E-state index contributed by atoms with van der Waals surface area (Å²) >= 11 is 0. The number of fused-ring (bicyclic) bond motifs is 4. The minimum absolute atomic E-state index is 0.957. The summed E-state index contributed by atoms with van der Waals surface area (Å²) in [4.78, 5) is 14.9. The van der Waals surface area contributed by atoms with Crippen LogP contribution in [0.25, 0.3) is 66.2 Å². The molecule has 0 unspecified atom stereocenters. The van der Waals surface area contributed by atoms with E-state index in [0.717, 1.165) is 49.9 Å². The molecular formula is C37H29N3. The highest BCUT2D eigenvalue weighted by molar-refractivity contribution is 6.08. The van der Waals surface area contributed by atoms with Crippen LogP contribution in [0.15, 0.2) is 103 Å². The molecule has 7 rings (SSSR count). The van der Waals surface area contributed by atoms with Gasteiger partial charge in [-0.1, -0.05) is 78.9 Å². The number of benzene rings is 4. The largest absolute Gasteiger partial charge is 0.265 e. The Labute approximate surface area is 234 Å². The number of hydrogen-bond donors (Lipinski definition) is 0. The first-order chi connectivity index (χ1) is 19.5. The van der Waals surface area contributed by atoms with Crippen LogP contribution in [0.2, 0.25) is 0 Å². The lowest BCUT2D eigenvalue weighted by molar-refractivity contribution is 1.26. The summed E-state index contributed by atoms with van der Waals surface area (Å²) < 4.78 is 0. The highest BCUT2D eigenvalue weighted by Gasteiger charge is 2.18. The number of nitrogens with zero attached hydrogens (tertiary/aromatic N) is 3. The van der Waals surface area contributed by atoms with Crippen molar-refractivity contribution in [1.29, 1.82) is 0 Å². The molecule has 0 radical (unpaired) electrons. The van der Waals surface area contributed by atoms with Crippen molar-refractivity contribution < 1.29 is 0 Å². The molecule has 0 atom stereocenters. The molecule has 0 aliphatic heterocycles. The molecule has 3 heteroatoms. The fourth-order valence-electron chi connectivity index (χ4n) is 5.90. The third kappa shape index (κ3) is 3.77. The highest BCUT2D eigenvalue weighted by Crippen LogP contribution is 2.38. The molecule has 3 heterocycles. The maximum atomic E-state index is 5.38. The standard InChI is InChI=1S/C37H29N3/c1-22-24(3)34(29-14-12-26(13-15-29)27-18-20-38-21-19-27)39-36-30(22)16-17-31-23(2)25(4)35(40-37(31)36)33-11-7-9-28-8-5-6-10-32(28)33/h5-21H,1-4H3. The van der Waals surface area contributed by atoms with Gasteiger partial charge in [0.15, 0.2) is 0 Å². The zero-order valence-corrected chi connectivity index (χ0v) is 23.2. The van der Waals surface area contributed by atoms with Crippen LogP contribution in [0.4, 0.5) is 0 Å². The third-order valence-corrected chi connectivity index (χ3v) is 8.46. The molecule has 0 bridgehead atoms. The summed E-state index contributed by atoms with van der Waals surface area (Å²) in [5, 5.41) is 4.75. The van der Waals surface area contributed by atoms with Crippen LogP contribution in [0.1, 0.15) is 22.3 Å². The summed E-state index contributed by atoms with van der Waals surface area (Å²) in [6, 6.07) is 32.2. The van der Waals surface area contributed by atoms with Gasteiger partial charge in [0.1, 0.15) is 0 Å². The van der Waals surface area contributed by atoms with Gasteiger partial charge in [0, 0.05) is 34.3 Å². The Kier molecular flexibility index (Phi) is 5.67. The van der Waals surface area contributed by atoms with E-state index in [9.17, 15) is 0 Å². The lowest BCUT2D eigenvalue weighted by Crippen LogP contribution is -2.00. The summed E-state index contributed by atoms with van der Waals surface area (Å²) in [6.07, 6.45) is 3.66. The van der Waals surface area contributed by atoms with Gasteiger partial charge >= 0.3 is 0 Å². The van der Waals surface area contributed by atoms with Crippen molar-refractivity contribution in [2.75, 3.05) is 0 Å². The van der Waals surface area contributed by atoms with Crippen LogP contribution in [0, 0.1) is 27.7 Å². The normalized spacial score (nSPS) is 11.5. The smallest absolute Gasteiger partial charge is 0.0975 e. The fourth-order valence-corrected chi connectivity index (χ4v) is 5.90. The van der Waals surface area contributed by atoms with Crippen LogP contribution < -0.4 is 0 Å². The molecule has 3 nitrogen and oxygen atoms in total. The van der Waals surface area contributed by atoms with Gasteiger partial charge in [-0.05, 0) is 84.0 Å². The quantitative estimate of drug-likeness (QED) is 0.220. The first kappa shape index (κ1) is 24.2. The average molecular weight is 516 g/mol. The predicted octanol–water partition coefficient (Wildman–Crippen LogP) is 9.57. The number of pyridine rings is 3. The number of hydrogen-bond acceptors (Lipinski definition) is 3. The molecule has 3 aromatic heterocycles. The van der Waals surface area contributed by atoms with Crippen LogP contribution >= 0.6 is 0 Å². The zero-order valence-electron chi connectivity index (χ0n) is 23.2. The van der Waals surface area contributed by atoms with E-state index in [1.165, 1.54) is 38.6 Å². The van der Waals surface area contributed by atoms with Crippen LogP contribution in [0.5, 0.6) is 0 Å². The molecule has 4 aromatic carbocycles. The summed E-state index contributed by atoms with van der Waals surface area (Å²) in [7, 11) is 0. The topological polar surface area (TPSA) is 38.7 Å². The molecule has 0 spiro atoms. The van der Waals surface area contributed by atoms with E-state index in [1.807, 2.05) is 24.5 Å². The Morgan fingerprint density at radius 1 is 0.425 bits per heavy atom. The van der Waals surface area contributed by atoms with E-state index in [4.69, 9.17) is 9.97 Å². The van der Waals surface area contributed by atoms with Crippen LogP contribution in [0.3, 0.4) is 0 Å². The van der Waals surface area contributed by atoms with Crippen molar-refractivity contribution in [3.05, 3.63) is 126 Å². The van der Waals surface area contributed by atoms with Crippen molar-refractivity contribution in [2.45, 2.75) is 27.7 Å². The van der Waals surface area contributed by atoms with Crippen molar-refractivity contribution in [2.24, 2.45) is 0 Å². The monoisotopic (exact) mass is 515 g/mol. The molecule has 192 valence electrons. The van der Waals surface area contributed by atoms with Gasteiger partial charge in [0.25, 0.3) is 0 Å². The maximum Gasteiger partial charge on any atom is 0.0975 e. The van der Waals surface area contributed by atoms with Crippen molar-refractivity contribution in [3.63, 3.8) is 0 Å². The minimum atomic E-state index is 0.957. The number of aromatic nitrogens is 3. The molecule has 7 aromatic rings. The average Bonchev–Trinajstić information content (AvgIpc) is 3.01. The molecule has 0 N–H and O–H groups in total. The molecule has 0 fully saturated rings. The highest BCUT2D eigenvalue weighted by atomic mass is 14.8. The second kappa shape index (κ2) is 9.39. The van der Waals surface area contributed by atoms with Crippen molar-refractivity contribution in [3.8, 4) is 33.6 Å². The molecule has 0 aliphatic rings. The Bertz CT molecular complexity index is 2070. The SMILES string of the molecule is Cc1c(-c2ccc(-c3ccncc3)cc2)nc2c(ccc3c(C)c(C)c(-c4cccc5ccccc45)nc32)c1C. The van der Waals surface area contributed by atoms with E-state index in [0.29, 0.717) is 0 Å². The van der Waals surface area contributed by atoms with Gasteiger partial charge < -0.3 is 0 Å². The van der Waals surface area contributed by atoms with Gasteiger partial charge in [-0.2, -0.15) is 0 Å². The number of aryl methyl sites for hydroxylation is 2. The first-order valence-corrected chi connectivity index (χ1v) is 13.7. The summed E-state index contributed by atoms with van der Waals surface area (Å²) in [5.41, 5.74) is 13.4. The van der Waals surface area contributed by atoms with Crippen LogP contribution in [-0.4, -0.2) is 15.0 Å². The van der Waals surface area contributed by atoms with E-state index >= 15 is 0 Å². The predicted molar refractivity (Wildman–Crippen MR) is 168 cm³/mol. The third-order valence-electron chi connectivity index (χ3n) is 8.46. The second-order valence-corrected chi connectivity index (χ2v) is 10.6. The van der Waals surface area contributed by atoms with E-state index in [2.05, 4.69) is 112 Å².